The van der Waals surface area contributed by atoms with Crippen LogP contribution in [0.5, 0.6) is 0 Å². The van der Waals surface area contributed by atoms with E-state index in [1.807, 2.05) is 0 Å². The average molecular weight is 288 g/mol. The summed E-state index contributed by atoms with van der Waals surface area (Å²) in [5, 5.41) is 17.6. The van der Waals surface area contributed by atoms with Gasteiger partial charge in [0.2, 0.25) is 0 Å². The number of esters is 1. The van der Waals surface area contributed by atoms with E-state index in [1.165, 1.54) is 38.5 Å². The van der Waals surface area contributed by atoms with Gasteiger partial charge >= 0.3 is 5.97 Å². The van der Waals surface area contributed by atoms with Crippen molar-refractivity contribution in [3.63, 3.8) is 0 Å². The number of unbranched alkanes of at least 4 members (excludes halogenated alkanes) is 6. The summed E-state index contributed by atoms with van der Waals surface area (Å²) in [4.78, 5) is 11.4. The standard InChI is InChI=1S/C16H32O4/c1-14(2)10-8-6-4-3-5-7-9-11-16(19)20-15(12-17)13-18/h14-15,17-18H,3-13H2,1-2H3. The van der Waals surface area contributed by atoms with Crippen LogP contribution in [0.3, 0.4) is 0 Å². The average Bonchev–Trinajstić information content (AvgIpc) is 2.42. The molecule has 0 atom stereocenters. The van der Waals surface area contributed by atoms with E-state index >= 15 is 0 Å². The third-order valence-electron chi connectivity index (χ3n) is 3.37. The molecule has 0 aromatic heterocycles. The highest BCUT2D eigenvalue weighted by Gasteiger charge is 2.11. The molecule has 120 valence electrons. The van der Waals surface area contributed by atoms with Gasteiger partial charge in [0.15, 0.2) is 0 Å². The zero-order valence-electron chi connectivity index (χ0n) is 13.1. The largest absolute Gasteiger partial charge is 0.457 e. The van der Waals surface area contributed by atoms with E-state index in [4.69, 9.17) is 14.9 Å². The van der Waals surface area contributed by atoms with Crippen molar-refractivity contribution >= 4 is 5.97 Å². The molecule has 4 heteroatoms. The summed E-state index contributed by atoms with van der Waals surface area (Å²) in [7, 11) is 0. The summed E-state index contributed by atoms with van der Waals surface area (Å²) in [6.07, 6.45) is 9.14. The lowest BCUT2D eigenvalue weighted by Crippen LogP contribution is -2.25. The van der Waals surface area contributed by atoms with Crippen LogP contribution in [0.25, 0.3) is 0 Å². The number of rotatable bonds is 13. The van der Waals surface area contributed by atoms with Gasteiger partial charge in [-0.3, -0.25) is 4.79 Å². The first-order chi connectivity index (χ1) is 9.60. The summed E-state index contributed by atoms with van der Waals surface area (Å²) >= 11 is 0. The molecule has 0 radical (unpaired) electrons. The van der Waals surface area contributed by atoms with Gasteiger partial charge in [-0.15, -0.1) is 0 Å². The van der Waals surface area contributed by atoms with Crippen molar-refractivity contribution < 1.29 is 19.7 Å². The number of aliphatic hydroxyl groups excluding tert-OH is 2. The van der Waals surface area contributed by atoms with Crippen LogP contribution in [0.4, 0.5) is 0 Å². The molecular weight excluding hydrogens is 256 g/mol. The molecule has 0 aromatic carbocycles. The molecule has 0 rings (SSSR count). The Kier molecular flexibility index (Phi) is 13.0. The maximum Gasteiger partial charge on any atom is 0.306 e. The molecular formula is C16H32O4. The first kappa shape index (κ1) is 19.4. The molecule has 0 heterocycles. The lowest BCUT2D eigenvalue weighted by molar-refractivity contribution is -0.153. The Morgan fingerprint density at radius 3 is 1.90 bits per heavy atom. The van der Waals surface area contributed by atoms with Crippen LogP contribution in [0.15, 0.2) is 0 Å². The van der Waals surface area contributed by atoms with Gasteiger partial charge in [-0.2, -0.15) is 0 Å². The minimum atomic E-state index is -0.761. The van der Waals surface area contributed by atoms with Gasteiger partial charge < -0.3 is 14.9 Å². The molecule has 0 saturated carbocycles. The Hall–Kier alpha value is -0.610. The third kappa shape index (κ3) is 12.4. The highest BCUT2D eigenvalue weighted by atomic mass is 16.6. The fourth-order valence-corrected chi connectivity index (χ4v) is 2.08. The van der Waals surface area contributed by atoms with E-state index in [0.29, 0.717) is 6.42 Å². The SMILES string of the molecule is CC(C)CCCCCCCCCC(=O)OC(CO)CO. The van der Waals surface area contributed by atoms with E-state index in [1.54, 1.807) is 0 Å². The van der Waals surface area contributed by atoms with Crippen molar-refractivity contribution in [3.8, 4) is 0 Å². The summed E-state index contributed by atoms with van der Waals surface area (Å²) in [5.74, 6) is 0.484. The summed E-state index contributed by atoms with van der Waals surface area (Å²) in [6.45, 7) is 3.88. The molecule has 20 heavy (non-hydrogen) atoms. The smallest absolute Gasteiger partial charge is 0.306 e. The lowest BCUT2D eigenvalue weighted by Gasteiger charge is -2.12. The van der Waals surface area contributed by atoms with E-state index in [9.17, 15) is 4.79 Å². The van der Waals surface area contributed by atoms with Gasteiger partial charge in [-0.25, -0.2) is 0 Å². The number of carbonyl (C=O) groups is 1. The second-order valence-corrected chi connectivity index (χ2v) is 5.88. The number of aliphatic hydroxyl groups is 2. The number of hydrogen-bond donors (Lipinski definition) is 2. The predicted octanol–water partition coefficient (Wildman–Crippen LogP) is 3.05. The van der Waals surface area contributed by atoms with Gasteiger partial charge in [-0.1, -0.05) is 58.8 Å². The molecule has 0 aromatic rings. The van der Waals surface area contributed by atoms with Crippen molar-refractivity contribution in [2.45, 2.75) is 77.7 Å². The van der Waals surface area contributed by atoms with Crippen LogP contribution < -0.4 is 0 Å². The van der Waals surface area contributed by atoms with Crippen molar-refractivity contribution in [2.24, 2.45) is 5.92 Å². The quantitative estimate of drug-likeness (QED) is 0.404. The van der Waals surface area contributed by atoms with Gasteiger partial charge in [0.05, 0.1) is 13.2 Å². The van der Waals surface area contributed by atoms with Gasteiger partial charge in [0.1, 0.15) is 6.10 Å². The Morgan fingerprint density at radius 2 is 1.40 bits per heavy atom. The molecule has 0 aliphatic rings. The van der Waals surface area contributed by atoms with E-state index in [0.717, 1.165) is 18.8 Å². The van der Waals surface area contributed by atoms with Gasteiger partial charge in [0, 0.05) is 6.42 Å². The van der Waals surface area contributed by atoms with E-state index < -0.39 is 6.10 Å². The van der Waals surface area contributed by atoms with Crippen LogP contribution in [-0.2, 0) is 9.53 Å². The number of ether oxygens (including phenoxy) is 1. The van der Waals surface area contributed by atoms with Crippen LogP contribution >= 0.6 is 0 Å². The zero-order chi connectivity index (χ0) is 15.2. The Balaban J connectivity index is 3.29. The lowest BCUT2D eigenvalue weighted by atomic mass is 10.0. The molecule has 0 spiro atoms. The third-order valence-corrected chi connectivity index (χ3v) is 3.37. The first-order valence-corrected chi connectivity index (χ1v) is 8.01. The van der Waals surface area contributed by atoms with Gasteiger partial charge in [0.25, 0.3) is 0 Å². The van der Waals surface area contributed by atoms with Crippen LogP contribution in [0, 0.1) is 5.92 Å². The molecule has 4 nitrogen and oxygen atoms in total. The number of carbonyl (C=O) groups excluding carboxylic acids is 1. The van der Waals surface area contributed by atoms with Crippen molar-refractivity contribution in [1.82, 2.24) is 0 Å². The summed E-state index contributed by atoms with van der Waals surface area (Å²) in [6, 6.07) is 0. The zero-order valence-corrected chi connectivity index (χ0v) is 13.1. The topological polar surface area (TPSA) is 66.8 Å². The molecule has 0 saturated heterocycles. The predicted molar refractivity (Wildman–Crippen MR) is 80.4 cm³/mol. The maximum absolute atomic E-state index is 11.4. The normalized spacial score (nSPS) is 11.3. The minimum absolute atomic E-state index is 0.321. The Labute approximate surface area is 123 Å². The molecule has 0 aliphatic heterocycles. The fourth-order valence-electron chi connectivity index (χ4n) is 2.08. The first-order valence-electron chi connectivity index (χ1n) is 8.01. The van der Waals surface area contributed by atoms with Crippen LogP contribution in [-0.4, -0.2) is 35.5 Å². The molecule has 0 aliphatic carbocycles. The van der Waals surface area contributed by atoms with Crippen molar-refractivity contribution in [2.75, 3.05) is 13.2 Å². The monoisotopic (exact) mass is 288 g/mol. The van der Waals surface area contributed by atoms with Crippen LogP contribution in [0.2, 0.25) is 0 Å². The van der Waals surface area contributed by atoms with Crippen molar-refractivity contribution in [3.05, 3.63) is 0 Å². The maximum atomic E-state index is 11.4. The molecule has 0 bridgehead atoms. The van der Waals surface area contributed by atoms with Crippen LogP contribution in [0.1, 0.15) is 71.6 Å². The van der Waals surface area contributed by atoms with E-state index in [2.05, 4.69) is 13.8 Å². The molecule has 2 N–H and O–H groups in total. The minimum Gasteiger partial charge on any atom is -0.457 e. The Morgan fingerprint density at radius 1 is 0.900 bits per heavy atom. The fraction of sp³-hybridized carbons (Fsp3) is 0.938. The molecule has 0 fully saturated rings. The van der Waals surface area contributed by atoms with E-state index in [-0.39, 0.29) is 19.2 Å². The Bertz CT molecular complexity index is 225. The van der Waals surface area contributed by atoms with Crippen molar-refractivity contribution in [1.29, 1.82) is 0 Å². The second kappa shape index (κ2) is 13.4. The second-order valence-electron chi connectivity index (χ2n) is 5.88. The summed E-state index contributed by atoms with van der Waals surface area (Å²) in [5.41, 5.74) is 0. The molecule has 0 amide bonds. The highest BCUT2D eigenvalue weighted by Crippen LogP contribution is 2.12. The molecule has 0 unspecified atom stereocenters. The summed E-state index contributed by atoms with van der Waals surface area (Å²) < 4.78 is 4.89. The van der Waals surface area contributed by atoms with Gasteiger partial charge in [-0.05, 0) is 12.3 Å². The number of hydrogen-bond acceptors (Lipinski definition) is 4. The highest BCUT2D eigenvalue weighted by molar-refractivity contribution is 5.69.